The zero-order valence-electron chi connectivity index (χ0n) is 10.8. The Morgan fingerprint density at radius 2 is 2.00 bits per heavy atom. The van der Waals surface area contributed by atoms with Gasteiger partial charge < -0.3 is 9.84 Å². The van der Waals surface area contributed by atoms with Crippen LogP contribution in [0.15, 0.2) is 36.5 Å². The Hall–Kier alpha value is -1.45. The summed E-state index contributed by atoms with van der Waals surface area (Å²) in [5.74, 6) is 0. The van der Waals surface area contributed by atoms with Gasteiger partial charge in [-0.25, -0.2) is 0 Å². The summed E-state index contributed by atoms with van der Waals surface area (Å²) in [6.07, 6.45) is 2.96. The number of fused-ring (bicyclic) bond motifs is 1. The fourth-order valence-electron chi connectivity index (χ4n) is 2.06. The quantitative estimate of drug-likeness (QED) is 0.880. The zero-order chi connectivity index (χ0) is 13.0. The van der Waals surface area contributed by atoms with Crippen molar-refractivity contribution in [1.82, 2.24) is 4.98 Å². The van der Waals surface area contributed by atoms with Gasteiger partial charge in [-0.2, -0.15) is 0 Å². The normalized spacial score (nSPS) is 14.6. The molecule has 0 amide bonds. The van der Waals surface area contributed by atoms with Crippen molar-refractivity contribution in [1.29, 1.82) is 0 Å². The lowest BCUT2D eigenvalue weighted by Gasteiger charge is -2.15. The number of aromatic nitrogens is 1. The lowest BCUT2D eigenvalue weighted by molar-refractivity contribution is 0.0854. The van der Waals surface area contributed by atoms with Gasteiger partial charge in [-0.15, -0.1) is 0 Å². The van der Waals surface area contributed by atoms with Gasteiger partial charge in [-0.05, 0) is 25.8 Å². The van der Waals surface area contributed by atoms with Crippen LogP contribution in [0.5, 0.6) is 0 Å². The van der Waals surface area contributed by atoms with Crippen LogP contribution in [-0.2, 0) is 4.74 Å². The predicted molar refractivity (Wildman–Crippen MR) is 72.4 cm³/mol. The average Bonchev–Trinajstić information content (AvgIpc) is 2.43. The molecule has 2 aromatic rings. The van der Waals surface area contributed by atoms with Gasteiger partial charge >= 0.3 is 0 Å². The van der Waals surface area contributed by atoms with Crippen LogP contribution >= 0.6 is 0 Å². The summed E-state index contributed by atoms with van der Waals surface area (Å²) in [7, 11) is 1.69. The molecule has 0 saturated heterocycles. The van der Waals surface area contributed by atoms with Gasteiger partial charge in [0.25, 0.3) is 0 Å². The molecular weight excluding hydrogens is 226 g/mol. The molecule has 1 N–H and O–H groups in total. The van der Waals surface area contributed by atoms with Gasteiger partial charge in [0.1, 0.15) is 0 Å². The minimum absolute atomic E-state index is 0.169. The predicted octanol–water partition coefficient (Wildman–Crippen LogP) is 3.08. The molecule has 1 aromatic carbocycles. The van der Waals surface area contributed by atoms with Gasteiger partial charge in [0.15, 0.2) is 0 Å². The largest absolute Gasteiger partial charge is 0.388 e. The van der Waals surface area contributed by atoms with Crippen LogP contribution in [0.4, 0.5) is 0 Å². The van der Waals surface area contributed by atoms with Crippen LogP contribution in [0.2, 0.25) is 0 Å². The zero-order valence-corrected chi connectivity index (χ0v) is 10.8. The van der Waals surface area contributed by atoms with Gasteiger partial charge in [0.05, 0.1) is 17.7 Å². The Bertz CT molecular complexity index is 507. The minimum Gasteiger partial charge on any atom is -0.388 e. The second-order valence-electron chi connectivity index (χ2n) is 4.56. The maximum atomic E-state index is 10.3. The Kier molecular flexibility index (Phi) is 4.28. The number of methoxy groups -OCH3 is 1. The maximum absolute atomic E-state index is 10.3. The van der Waals surface area contributed by atoms with Crippen molar-refractivity contribution in [2.24, 2.45) is 0 Å². The number of benzene rings is 1. The van der Waals surface area contributed by atoms with Crippen molar-refractivity contribution >= 4 is 10.9 Å². The third-order valence-electron chi connectivity index (χ3n) is 3.27. The molecule has 96 valence electrons. The third-order valence-corrected chi connectivity index (χ3v) is 3.27. The molecular formula is C15H19NO2. The van der Waals surface area contributed by atoms with Crippen LogP contribution < -0.4 is 0 Å². The fraction of sp³-hybridized carbons (Fsp3) is 0.400. The molecule has 0 spiro atoms. The van der Waals surface area contributed by atoms with E-state index in [0.29, 0.717) is 6.42 Å². The Labute approximate surface area is 107 Å². The van der Waals surface area contributed by atoms with E-state index >= 15 is 0 Å². The van der Waals surface area contributed by atoms with Crippen LogP contribution in [0.25, 0.3) is 10.9 Å². The number of ether oxygens (including phenoxy) is 1. The summed E-state index contributed by atoms with van der Waals surface area (Å²) >= 11 is 0. The molecule has 0 aliphatic carbocycles. The molecule has 0 saturated carbocycles. The highest BCUT2D eigenvalue weighted by atomic mass is 16.5. The molecule has 1 aromatic heterocycles. The second kappa shape index (κ2) is 5.94. The van der Waals surface area contributed by atoms with Crippen LogP contribution in [-0.4, -0.2) is 23.3 Å². The molecule has 3 heteroatoms. The summed E-state index contributed by atoms with van der Waals surface area (Å²) in [4.78, 5) is 4.36. The first-order valence-electron chi connectivity index (χ1n) is 6.27. The van der Waals surface area contributed by atoms with Crippen molar-refractivity contribution in [2.75, 3.05) is 7.11 Å². The van der Waals surface area contributed by atoms with Crippen molar-refractivity contribution in [3.63, 3.8) is 0 Å². The van der Waals surface area contributed by atoms with Crippen molar-refractivity contribution in [3.8, 4) is 0 Å². The van der Waals surface area contributed by atoms with E-state index in [1.807, 2.05) is 37.3 Å². The molecule has 2 unspecified atom stereocenters. The van der Waals surface area contributed by atoms with E-state index in [2.05, 4.69) is 4.98 Å². The van der Waals surface area contributed by atoms with Crippen LogP contribution in [0, 0.1) is 0 Å². The lowest BCUT2D eigenvalue weighted by atomic mass is 10.0. The number of aliphatic hydroxyl groups is 1. The third kappa shape index (κ3) is 2.86. The van der Waals surface area contributed by atoms with E-state index in [-0.39, 0.29) is 6.10 Å². The van der Waals surface area contributed by atoms with Gasteiger partial charge in [0, 0.05) is 24.3 Å². The van der Waals surface area contributed by atoms with Crippen molar-refractivity contribution in [2.45, 2.75) is 32.0 Å². The minimum atomic E-state index is -0.485. The Morgan fingerprint density at radius 3 is 2.78 bits per heavy atom. The lowest BCUT2D eigenvalue weighted by Crippen LogP contribution is -2.08. The molecule has 0 aliphatic heterocycles. The molecule has 1 heterocycles. The Balaban J connectivity index is 2.19. The highest BCUT2D eigenvalue weighted by molar-refractivity contribution is 5.81. The molecule has 2 rings (SSSR count). The van der Waals surface area contributed by atoms with E-state index in [1.165, 1.54) is 0 Å². The Morgan fingerprint density at radius 1 is 1.22 bits per heavy atom. The van der Waals surface area contributed by atoms with Crippen molar-refractivity contribution in [3.05, 3.63) is 42.1 Å². The summed E-state index contributed by atoms with van der Waals surface area (Å²) in [6, 6.07) is 9.83. The second-order valence-corrected chi connectivity index (χ2v) is 4.56. The molecule has 0 aliphatic rings. The summed E-state index contributed by atoms with van der Waals surface area (Å²) in [6.45, 7) is 2.01. The van der Waals surface area contributed by atoms with Crippen molar-refractivity contribution < 1.29 is 9.84 Å². The summed E-state index contributed by atoms with van der Waals surface area (Å²) < 4.78 is 5.20. The number of rotatable bonds is 5. The first-order valence-corrected chi connectivity index (χ1v) is 6.27. The molecule has 0 fully saturated rings. The number of para-hydroxylation sites is 1. The summed E-state index contributed by atoms with van der Waals surface area (Å²) in [5, 5.41) is 11.3. The first kappa shape index (κ1) is 13.0. The smallest absolute Gasteiger partial charge is 0.0812 e. The monoisotopic (exact) mass is 245 g/mol. The van der Waals surface area contributed by atoms with Crippen LogP contribution in [0.1, 0.15) is 31.4 Å². The average molecular weight is 245 g/mol. The van der Waals surface area contributed by atoms with Gasteiger partial charge in [-0.1, -0.05) is 24.3 Å². The summed E-state index contributed by atoms with van der Waals surface area (Å²) in [5.41, 5.74) is 1.79. The molecule has 18 heavy (non-hydrogen) atoms. The molecule has 0 bridgehead atoms. The molecule has 3 nitrogen and oxygen atoms in total. The van der Waals surface area contributed by atoms with E-state index in [4.69, 9.17) is 4.74 Å². The molecule has 0 radical (unpaired) electrons. The highest BCUT2D eigenvalue weighted by Crippen LogP contribution is 2.26. The highest BCUT2D eigenvalue weighted by Gasteiger charge is 2.13. The van der Waals surface area contributed by atoms with E-state index < -0.39 is 6.10 Å². The topological polar surface area (TPSA) is 42.4 Å². The number of nitrogens with zero attached hydrogens (tertiary/aromatic N) is 1. The van der Waals surface area contributed by atoms with Crippen LogP contribution in [0.3, 0.4) is 0 Å². The molecule has 2 atom stereocenters. The SMILES string of the molecule is COC(C)CCC(O)c1cccc2cccnc12. The van der Waals surface area contributed by atoms with E-state index in [0.717, 1.165) is 22.9 Å². The van der Waals surface area contributed by atoms with E-state index in [9.17, 15) is 5.11 Å². The number of hydrogen-bond acceptors (Lipinski definition) is 3. The van der Waals surface area contributed by atoms with E-state index in [1.54, 1.807) is 13.3 Å². The standard InChI is InChI=1S/C15H19NO2/c1-11(18-2)8-9-14(17)13-7-3-5-12-6-4-10-16-15(12)13/h3-7,10-11,14,17H,8-9H2,1-2H3. The van der Waals surface area contributed by atoms with Gasteiger partial charge in [0.2, 0.25) is 0 Å². The fourth-order valence-corrected chi connectivity index (χ4v) is 2.06. The maximum Gasteiger partial charge on any atom is 0.0812 e. The number of pyridine rings is 1. The number of hydrogen-bond donors (Lipinski definition) is 1. The number of aliphatic hydroxyl groups excluding tert-OH is 1. The van der Waals surface area contributed by atoms with Gasteiger partial charge in [-0.3, -0.25) is 4.98 Å². The first-order chi connectivity index (χ1) is 8.72.